The second-order valence-electron chi connectivity index (χ2n) is 6.57. The first-order valence-corrected chi connectivity index (χ1v) is 9.61. The van der Waals surface area contributed by atoms with Crippen molar-refractivity contribution in [1.29, 1.82) is 0 Å². The number of methoxy groups -OCH3 is 1. The summed E-state index contributed by atoms with van der Waals surface area (Å²) < 4.78 is 10.0. The molecule has 8 nitrogen and oxygen atoms in total. The number of amides is 3. The normalized spacial score (nSPS) is 15.9. The number of rotatable bonds is 7. The second-order valence-corrected chi connectivity index (χ2v) is 6.97. The third-order valence-corrected chi connectivity index (χ3v) is 4.93. The summed E-state index contributed by atoms with van der Waals surface area (Å²) in [6.07, 6.45) is 2.71. The monoisotopic (exact) mass is 419 g/mol. The molecule has 1 aliphatic heterocycles. The first-order chi connectivity index (χ1) is 14.0. The van der Waals surface area contributed by atoms with Crippen LogP contribution < -0.4 is 10.6 Å². The Morgan fingerprint density at radius 3 is 2.83 bits per heavy atom. The van der Waals surface area contributed by atoms with Gasteiger partial charge in [-0.25, -0.2) is 0 Å². The first kappa shape index (κ1) is 20.9. The Morgan fingerprint density at radius 1 is 1.31 bits per heavy atom. The molecule has 0 spiro atoms. The molecule has 29 heavy (non-hydrogen) atoms. The summed E-state index contributed by atoms with van der Waals surface area (Å²) in [4.78, 5) is 38.9. The van der Waals surface area contributed by atoms with Crippen LogP contribution in [-0.2, 0) is 9.53 Å². The third kappa shape index (κ3) is 4.96. The van der Waals surface area contributed by atoms with Crippen LogP contribution >= 0.6 is 11.6 Å². The lowest BCUT2D eigenvalue weighted by Crippen LogP contribution is -2.43. The number of carbonyl (C=O) groups is 3. The fraction of sp³-hybridized carbons (Fsp3) is 0.350. The minimum absolute atomic E-state index is 0.205. The lowest BCUT2D eigenvalue weighted by Gasteiger charge is -2.23. The molecule has 3 rings (SSSR count). The number of hydrogen-bond donors (Lipinski definition) is 2. The number of benzene rings is 1. The highest BCUT2D eigenvalue weighted by Crippen LogP contribution is 2.24. The molecule has 0 aliphatic carbocycles. The fourth-order valence-corrected chi connectivity index (χ4v) is 3.45. The van der Waals surface area contributed by atoms with Crippen molar-refractivity contribution in [3.8, 4) is 0 Å². The second kappa shape index (κ2) is 9.58. The van der Waals surface area contributed by atoms with Gasteiger partial charge in [0, 0.05) is 25.9 Å². The zero-order valence-electron chi connectivity index (χ0n) is 15.9. The molecule has 154 valence electrons. The summed E-state index contributed by atoms with van der Waals surface area (Å²) in [5, 5.41) is 5.68. The van der Waals surface area contributed by atoms with Gasteiger partial charge in [0.15, 0.2) is 5.76 Å². The quantitative estimate of drug-likeness (QED) is 0.671. The molecular weight excluding hydrogens is 398 g/mol. The Balaban J connectivity index is 1.65. The van der Waals surface area contributed by atoms with Gasteiger partial charge in [-0.2, -0.15) is 0 Å². The van der Waals surface area contributed by atoms with E-state index in [2.05, 4.69) is 10.6 Å². The summed E-state index contributed by atoms with van der Waals surface area (Å²) >= 11 is 6.21. The summed E-state index contributed by atoms with van der Waals surface area (Å²) in [5.74, 6) is -0.739. The smallest absolute Gasteiger partial charge is 0.290 e. The first-order valence-electron chi connectivity index (χ1n) is 9.23. The van der Waals surface area contributed by atoms with Gasteiger partial charge in [-0.1, -0.05) is 11.6 Å². The van der Waals surface area contributed by atoms with Crippen LogP contribution in [0.15, 0.2) is 41.0 Å². The maximum absolute atomic E-state index is 12.7. The van der Waals surface area contributed by atoms with Gasteiger partial charge in [0.2, 0.25) is 5.91 Å². The van der Waals surface area contributed by atoms with E-state index in [9.17, 15) is 14.4 Å². The molecule has 1 fully saturated rings. The van der Waals surface area contributed by atoms with E-state index in [4.69, 9.17) is 20.8 Å². The molecule has 2 aromatic rings. The molecule has 9 heteroatoms. The maximum atomic E-state index is 12.7. The summed E-state index contributed by atoms with van der Waals surface area (Å²) in [7, 11) is 1.55. The topological polar surface area (TPSA) is 101 Å². The molecular formula is C20H22ClN3O5. The number of halogens is 1. The van der Waals surface area contributed by atoms with Gasteiger partial charge in [-0.3, -0.25) is 14.4 Å². The Morgan fingerprint density at radius 2 is 2.14 bits per heavy atom. The van der Waals surface area contributed by atoms with Crippen LogP contribution in [0.25, 0.3) is 0 Å². The van der Waals surface area contributed by atoms with Crippen LogP contribution in [0.2, 0.25) is 5.02 Å². The van der Waals surface area contributed by atoms with Crippen molar-refractivity contribution < 1.29 is 23.5 Å². The zero-order chi connectivity index (χ0) is 20.8. The molecule has 1 aliphatic rings. The minimum atomic E-state index is -0.594. The average Bonchev–Trinajstić information content (AvgIpc) is 3.39. The highest BCUT2D eigenvalue weighted by molar-refractivity contribution is 6.34. The van der Waals surface area contributed by atoms with Gasteiger partial charge in [-0.15, -0.1) is 0 Å². The number of furan rings is 1. The van der Waals surface area contributed by atoms with Crippen LogP contribution in [0.1, 0.15) is 33.8 Å². The maximum Gasteiger partial charge on any atom is 0.290 e. The number of carbonyl (C=O) groups excluding carboxylic acids is 3. The fourth-order valence-electron chi connectivity index (χ4n) is 3.19. The van der Waals surface area contributed by atoms with Gasteiger partial charge < -0.3 is 24.7 Å². The molecule has 1 atom stereocenters. The number of nitrogens with zero attached hydrogens (tertiary/aromatic N) is 1. The molecule has 2 N–H and O–H groups in total. The van der Waals surface area contributed by atoms with Crippen molar-refractivity contribution >= 4 is 35.0 Å². The standard InChI is InChI=1S/C20H22ClN3O5/c1-28-11-8-22-18(25)14-7-6-13(12-15(14)21)23-19(26)16-4-2-9-24(16)20(27)17-5-3-10-29-17/h3,5-7,10,12,16H,2,4,8-9,11H2,1H3,(H,22,25)(H,23,26)/t16-/m0/s1. The summed E-state index contributed by atoms with van der Waals surface area (Å²) in [6.45, 7) is 1.25. The lowest BCUT2D eigenvalue weighted by molar-refractivity contribution is -0.119. The van der Waals surface area contributed by atoms with Crippen molar-refractivity contribution in [2.75, 3.05) is 32.1 Å². The number of anilines is 1. The third-order valence-electron chi connectivity index (χ3n) is 4.62. The highest BCUT2D eigenvalue weighted by atomic mass is 35.5. The van der Waals surface area contributed by atoms with Crippen LogP contribution in [0.3, 0.4) is 0 Å². The molecule has 0 radical (unpaired) electrons. The van der Waals surface area contributed by atoms with E-state index in [1.807, 2.05) is 0 Å². The highest BCUT2D eigenvalue weighted by Gasteiger charge is 2.35. The molecule has 1 saturated heterocycles. The van der Waals surface area contributed by atoms with Gasteiger partial charge in [0.25, 0.3) is 11.8 Å². The van der Waals surface area contributed by atoms with Crippen molar-refractivity contribution in [2.45, 2.75) is 18.9 Å². The molecule has 1 aromatic carbocycles. The van der Waals surface area contributed by atoms with E-state index >= 15 is 0 Å². The molecule has 2 heterocycles. The molecule has 0 bridgehead atoms. The minimum Gasteiger partial charge on any atom is -0.459 e. The zero-order valence-corrected chi connectivity index (χ0v) is 16.7. The van der Waals surface area contributed by atoms with E-state index in [1.165, 1.54) is 17.2 Å². The average molecular weight is 420 g/mol. The summed E-state index contributed by atoms with van der Waals surface area (Å²) in [6, 6.07) is 7.27. The lowest BCUT2D eigenvalue weighted by atomic mass is 10.1. The number of likely N-dealkylation sites (tertiary alicyclic amines) is 1. The van der Waals surface area contributed by atoms with E-state index in [-0.39, 0.29) is 28.5 Å². The van der Waals surface area contributed by atoms with E-state index in [0.717, 1.165) is 6.42 Å². The van der Waals surface area contributed by atoms with Crippen molar-refractivity contribution in [3.63, 3.8) is 0 Å². The Kier molecular flexibility index (Phi) is 6.90. The number of ether oxygens (including phenoxy) is 1. The molecule has 0 saturated carbocycles. The van der Waals surface area contributed by atoms with Crippen molar-refractivity contribution in [1.82, 2.24) is 10.2 Å². The molecule has 3 amide bonds. The van der Waals surface area contributed by atoms with E-state index in [0.29, 0.717) is 37.4 Å². The predicted molar refractivity (Wildman–Crippen MR) is 107 cm³/mol. The van der Waals surface area contributed by atoms with Crippen LogP contribution in [-0.4, -0.2) is 55.5 Å². The van der Waals surface area contributed by atoms with Crippen LogP contribution in [0.5, 0.6) is 0 Å². The Bertz CT molecular complexity index is 884. The Hall–Kier alpha value is -2.84. The number of hydrogen-bond acceptors (Lipinski definition) is 5. The largest absolute Gasteiger partial charge is 0.459 e. The number of nitrogens with one attached hydrogen (secondary N) is 2. The summed E-state index contributed by atoms with van der Waals surface area (Å²) in [5.41, 5.74) is 0.752. The molecule has 0 unspecified atom stereocenters. The van der Waals surface area contributed by atoms with E-state index in [1.54, 1.807) is 31.4 Å². The SMILES string of the molecule is COCCNC(=O)c1ccc(NC(=O)[C@@H]2CCCN2C(=O)c2ccco2)cc1Cl. The molecule has 1 aromatic heterocycles. The van der Waals surface area contributed by atoms with Gasteiger partial charge >= 0.3 is 0 Å². The van der Waals surface area contributed by atoms with Gasteiger partial charge in [0.1, 0.15) is 6.04 Å². The van der Waals surface area contributed by atoms with Crippen LogP contribution in [0, 0.1) is 0 Å². The predicted octanol–water partition coefficient (Wildman–Crippen LogP) is 2.55. The van der Waals surface area contributed by atoms with Gasteiger partial charge in [-0.05, 0) is 43.2 Å². The van der Waals surface area contributed by atoms with Crippen LogP contribution in [0.4, 0.5) is 5.69 Å². The van der Waals surface area contributed by atoms with Crippen molar-refractivity contribution in [2.24, 2.45) is 0 Å². The van der Waals surface area contributed by atoms with Gasteiger partial charge in [0.05, 0.1) is 23.5 Å². The van der Waals surface area contributed by atoms with E-state index < -0.39 is 6.04 Å². The van der Waals surface area contributed by atoms with Crippen molar-refractivity contribution in [3.05, 3.63) is 52.9 Å². The Labute approximate surface area is 173 Å².